The van der Waals surface area contributed by atoms with Crippen LogP contribution in [0.3, 0.4) is 0 Å². The molecule has 0 bridgehead atoms. The zero-order valence-electron chi connectivity index (χ0n) is 11.0. The van der Waals surface area contributed by atoms with E-state index in [9.17, 15) is 9.90 Å². The van der Waals surface area contributed by atoms with E-state index in [1.54, 1.807) is 18.2 Å². The number of ether oxygens (including phenoxy) is 2. The van der Waals surface area contributed by atoms with Crippen LogP contribution < -0.4 is 0 Å². The Hall–Kier alpha value is -1.85. The molecule has 106 valence electrons. The second-order valence-electron chi connectivity index (χ2n) is 4.95. The van der Waals surface area contributed by atoms with Crippen molar-refractivity contribution in [1.29, 1.82) is 0 Å². The van der Waals surface area contributed by atoms with Crippen molar-refractivity contribution >= 4 is 16.9 Å². The Morgan fingerprint density at radius 1 is 1.40 bits per heavy atom. The highest BCUT2D eigenvalue weighted by Crippen LogP contribution is 2.26. The molecule has 20 heavy (non-hydrogen) atoms. The van der Waals surface area contributed by atoms with Crippen molar-refractivity contribution < 1.29 is 23.8 Å². The Morgan fingerprint density at radius 3 is 3.00 bits per heavy atom. The lowest BCUT2D eigenvalue weighted by molar-refractivity contribution is 0.0627. The number of hydrogen-bond acceptors (Lipinski definition) is 4. The quantitative estimate of drug-likeness (QED) is 0.909. The number of carboxylic acid groups (broad SMARTS) is 1. The van der Waals surface area contributed by atoms with Crippen LogP contribution >= 0.6 is 0 Å². The maximum Gasteiger partial charge on any atom is 0.340 e. The lowest BCUT2D eigenvalue weighted by atomic mass is 10.1. The molecular formula is C15H16O5. The molecular weight excluding hydrogens is 260 g/mol. The molecule has 1 N–H and O–H groups in total. The Bertz CT molecular complexity index is 610. The second kappa shape index (κ2) is 5.64. The highest BCUT2D eigenvalue weighted by molar-refractivity contribution is 6.03. The normalized spacial score (nSPS) is 18.7. The first kappa shape index (κ1) is 13.1. The van der Waals surface area contributed by atoms with E-state index in [2.05, 4.69) is 0 Å². The van der Waals surface area contributed by atoms with Crippen LogP contribution in [0.2, 0.25) is 0 Å². The van der Waals surface area contributed by atoms with Crippen LogP contribution in [0.15, 0.2) is 28.7 Å². The van der Waals surface area contributed by atoms with Gasteiger partial charge >= 0.3 is 5.97 Å². The number of aromatic carboxylic acids is 1. The summed E-state index contributed by atoms with van der Waals surface area (Å²) in [5.41, 5.74) is 0.774. The maximum absolute atomic E-state index is 11.4. The van der Waals surface area contributed by atoms with Crippen molar-refractivity contribution in [2.75, 3.05) is 19.8 Å². The van der Waals surface area contributed by atoms with E-state index < -0.39 is 5.97 Å². The van der Waals surface area contributed by atoms with Gasteiger partial charge in [-0.25, -0.2) is 4.79 Å². The number of fused-ring (bicyclic) bond motifs is 1. The summed E-state index contributed by atoms with van der Waals surface area (Å²) in [6.07, 6.45) is 0.992. The number of para-hydroxylation sites is 1. The van der Waals surface area contributed by atoms with Gasteiger partial charge in [-0.2, -0.15) is 0 Å². The third-order valence-electron chi connectivity index (χ3n) is 3.49. The highest BCUT2D eigenvalue weighted by atomic mass is 16.5. The minimum absolute atomic E-state index is 0.173. The molecule has 0 aliphatic carbocycles. The number of furan rings is 1. The maximum atomic E-state index is 11.4. The lowest BCUT2D eigenvalue weighted by Crippen LogP contribution is -2.10. The van der Waals surface area contributed by atoms with E-state index in [-0.39, 0.29) is 12.2 Å². The third kappa shape index (κ3) is 2.55. The second-order valence-corrected chi connectivity index (χ2v) is 4.95. The highest BCUT2D eigenvalue weighted by Gasteiger charge is 2.21. The molecule has 1 aliphatic heterocycles. The smallest absolute Gasteiger partial charge is 0.340 e. The number of benzene rings is 1. The molecule has 1 aromatic carbocycles. The van der Waals surface area contributed by atoms with Crippen LogP contribution in [-0.4, -0.2) is 30.9 Å². The topological polar surface area (TPSA) is 68.9 Å². The van der Waals surface area contributed by atoms with Crippen molar-refractivity contribution in [3.63, 3.8) is 0 Å². The number of carboxylic acids is 1. The predicted octanol–water partition coefficient (Wildman–Crippen LogP) is 2.68. The first-order valence-corrected chi connectivity index (χ1v) is 6.65. The molecule has 0 radical (unpaired) electrons. The summed E-state index contributed by atoms with van der Waals surface area (Å²) < 4.78 is 16.4. The van der Waals surface area contributed by atoms with Crippen molar-refractivity contribution in [2.45, 2.75) is 13.0 Å². The van der Waals surface area contributed by atoms with E-state index in [0.717, 1.165) is 13.0 Å². The fourth-order valence-electron chi connectivity index (χ4n) is 2.47. The van der Waals surface area contributed by atoms with Gasteiger partial charge in [0.25, 0.3) is 0 Å². The van der Waals surface area contributed by atoms with Crippen molar-refractivity contribution in [3.05, 3.63) is 35.6 Å². The standard InChI is InChI=1S/C15H16O5/c16-15(17)14-11-3-1-2-4-12(11)20-13(14)9-19-8-10-5-6-18-7-10/h1-4,10H,5-9H2,(H,16,17). The molecule has 5 heteroatoms. The SMILES string of the molecule is O=C(O)c1c(COCC2CCOC2)oc2ccccc12. The zero-order chi connectivity index (χ0) is 13.9. The van der Waals surface area contributed by atoms with Crippen LogP contribution in [0.25, 0.3) is 11.0 Å². The average molecular weight is 276 g/mol. The summed E-state index contributed by atoms with van der Waals surface area (Å²) in [7, 11) is 0. The van der Waals surface area contributed by atoms with Gasteiger partial charge in [0.05, 0.1) is 13.2 Å². The predicted molar refractivity (Wildman–Crippen MR) is 71.8 cm³/mol. The first-order chi connectivity index (χ1) is 9.75. The molecule has 3 rings (SSSR count). The summed E-state index contributed by atoms with van der Waals surface area (Å²) >= 11 is 0. The molecule has 1 aliphatic rings. The van der Waals surface area contributed by atoms with E-state index in [1.807, 2.05) is 6.07 Å². The van der Waals surface area contributed by atoms with Crippen LogP contribution in [0.4, 0.5) is 0 Å². The van der Waals surface area contributed by atoms with Gasteiger partial charge < -0.3 is 19.0 Å². The summed E-state index contributed by atoms with van der Waals surface area (Å²) in [5, 5.41) is 9.94. The number of rotatable bonds is 5. The minimum Gasteiger partial charge on any atom is -0.478 e. The van der Waals surface area contributed by atoms with Gasteiger partial charge in [-0.1, -0.05) is 18.2 Å². The third-order valence-corrected chi connectivity index (χ3v) is 3.49. The molecule has 5 nitrogen and oxygen atoms in total. The summed E-state index contributed by atoms with van der Waals surface area (Å²) in [4.78, 5) is 11.4. The van der Waals surface area contributed by atoms with E-state index >= 15 is 0 Å². The van der Waals surface area contributed by atoms with Gasteiger partial charge in [0.2, 0.25) is 0 Å². The number of hydrogen-bond donors (Lipinski definition) is 1. The largest absolute Gasteiger partial charge is 0.478 e. The average Bonchev–Trinajstić information content (AvgIpc) is 3.05. The monoisotopic (exact) mass is 276 g/mol. The summed E-state index contributed by atoms with van der Waals surface area (Å²) in [6.45, 7) is 2.23. The fraction of sp³-hybridized carbons (Fsp3) is 0.400. The Labute approximate surface area is 116 Å². The van der Waals surface area contributed by atoms with Gasteiger partial charge in [-0.3, -0.25) is 0 Å². The Morgan fingerprint density at radius 2 is 2.25 bits per heavy atom. The Balaban J connectivity index is 1.76. The van der Waals surface area contributed by atoms with Gasteiger partial charge in [-0.15, -0.1) is 0 Å². The molecule has 1 unspecified atom stereocenters. The van der Waals surface area contributed by atoms with E-state index in [4.69, 9.17) is 13.9 Å². The van der Waals surface area contributed by atoms with Crippen LogP contribution in [0.1, 0.15) is 22.5 Å². The molecule has 2 aromatic rings. The molecule has 1 fully saturated rings. The zero-order valence-corrected chi connectivity index (χ0v) is 11.0. The molecule has 0 saturated carbocycles. The molecule has 1 atom stereocenters. The van der Waals surface area contributed by atoms with E-state index in [1.165, 1.54) is 0 Å². The molecule has 1 aromatic heterocycles. The molecule has 0 amide bonds. The molecule has 2 heterocycles. The molecule has 0 spiro atoms. The summed E-state index contributed by atoms with van der Waals surface area (Å²) in [5.74, 6) is -0.219. The molecule has 1 saturated heterocycles. The van der Waals surface area contributed by atoms with E-state index in [0.29, 0.717) is 35.9 Å². The minimum atomic E-state index is -0.988. The van der Waals surface area contributed by atoms with Gasteiger partial charge in [0, 0.05) is 17.9 Å². The van der Waals surface area contributed by atoms with Crippen LogP contribution in [0, 0.1) is 5.92 Å². The van der Waals surface area contributed by atoms with Crippen molar-refractivity contribution in [3.8, 4) is 0 Å². The van der Waals surface area contributed by atoms with Gasteiger partial charge in [0.15, 0.2) is 0 Å². The summed E-state index contributed by atoms with van der Waals surface area (Å²) in [6, 6.07) is 7.12. The van der Waals surface area contributed by atoms with Gasteiger partial charge in [0.1, 0.15) is 23.5 Å². The van der Waals surface area contributed by atoms with Crippen molar-refractivity contribution in [1.82, 2.24) is 0 Å². The van der Waals surface area contributed by atoms with Crippen LogP contribution in [-0.2, 0) is 16.1 Å². The number of carbonyl (C=O) groups is 1. The lowest BCUT2D eigenvalue weighted by Gasteiger charge is -2.07. The van der Waals surface area contributed by atoms with Crippen molar-refractivity contribution in [2.24, 2.45) is 5.92 Å². The van der Waals surface area contributed by atoms with Gasteiger partial charge in [-0.05, 0) is 12.5 Å². The Kier molecular flexibility index (Phi) is 3.71. The fourth-order valence-corrected chi connectivity index (χ4v) is 2.47. The first-order valence-electron chi connectivity index (χ1n) is 6.65. The van der Waals surface area contributed by atoms with Crippen LogP contribution in [0.5, 0.6) is 0 Å².